The van der Waals surface area contributed by atoms with Gasteiger partial charge in [0.15, 0.2) is 5.75 Å². The molecular weight excluding hydrogens is 274 g/mol. The minimum atomic E-state index is -3.73. The van der Waals surface area contributed by atoms with Crippen LogP contribution in [0.3, 0.4) is 0 Å². The van der Waals surface area contributed by atoms with Gasteiger partial charge in [-0.15, -0.1) is 0 Å². The summed E-state index contributed by atoms with van der Waals surface area (Å²) < 4.78 is 34.3. The van der Waals surface area contributed by atoms with Crippen molar-refractivity contribution in [2.45, 2.75) is 19.8 Å². The fourth-order valence-corrected chi connectivity index (χ4v) is 3.36. The van der Waals surface area contributed by atoms with E-state index in [9.17, 15) is 18.0 Å². The van der Waals surface area contributed by atoms with Crippen LogP contribution >= 0.6 is 0 Å². The average molecular weight is 293 g/mol. The maximum atomic E-state index is 12.0. The van der Waals surface area contributed by atoms with Crippen LogP contribution in [0, 0.1) is 5.92 Å². The zero-order valence-corrected chi connectivity index (χ0v) is 11.9. The zero-order chi connectivity index (χ0) is 14.5. The van der Waals surface area contributed by atoms with E-state index in [4.69, 9.17) is 4.74 Å². The van der Waals surface area contributed by atoms with Gasteiger partial charge in [-0.25, -0.2) is 12.7 Å². The SMILES string of the molecule is CCOC(=O)[C@@H]1CCCN(S(=O)(=O)CC(=O)OC)C1. The molecule has 1 fully saturated rings. The quantitative estimate of drug-likeness (QED) is 0.650. The Hall–Kier alpha value is -1.15. The molecule has 0 aromatic heterocycles. The van der Waals surface area contributed by atoms with E-state index < -0.39 is 27.7 Å². The monoisotopic (exact) mass is 293 g/mol. The molecule has 8 heteroatoms. The number of carbonyl (C=O) groups is 2. The molecule has 1 rings (SSSR count). The van der Waals surface area contributed by atoms with Crippen molar-refractivity contribution in [2.24, 2.45) is 5.92 Å². The normalized spacial score (nSPS) is 20.8. The van der Waals surface area contributed by atoms with Crippen LogP contribution in [0.1, 0.15) is 19.8 Å². The Labute approximate surface area is 112 Å². The van der Waals surface area contributed by atoms with Crippen LogP contribution in [0.5, 0.6) is 0 Å². The Kier molecular flexibility index (Phi) is 5.74. The molecule has 1 heterocycles. The van der Waals surface area contributed by atoms with Crippen molar-refractivity contribution in [3.8, 4) is 0 Å². The number of esters is 2. The van der Waals surface area contributed by atoms with E-state index in [0.29, 0.717) is 19.4 Å². The molecule has 1 saturated heterocycles. The molecule has 110 valence electrons. The summed E-state index contributed by atoms with van der Waals surface area (Å²) >= 11 is 0. The van der Waals surface area contributed by atoms with Crippen LogP contribution in [-0.2, 0) is 29.1 Å². The lowest BCUT2D eigenvalue weighted by atomic mass is 10.0. The van der Waals surface area contributed by atoms with Crippen molar-refractivity contribution in [3.05, 3.63) is 0 Å². The van der Waals surface area contributed by atoms with Crippen molar-refractivity contribution in [1.29, 1.82) is 0 Å². The van der Waals surface area contributed by atoms with Crippen molar-refractivity contribution in [3.63, 3.8) is 0 Å². The molecule has 19 heavy (non-hydrogen) atoms. The van der Waals surface area contributed by atoms with Crippen molar-refractivity contribution < 1.29 is 27.5 Å². The molecule has 0 aromatic carbocycles. The third-order valence-electron chi connectivity index (χ3n) is 2.93. The van der Waals surface area contributed by atoms with Gasteiger partial charge in [0, 0.05) is 13.1 Å². The van der Waals surface area contributed by atoms with E-state index in [0.717, 1.165) is 11.4 Å². The first-order chi connectivity index (χ1) is 8.90. The second-order valence-electron chi connectivity index (χ2n) is 4.28. The molecule has 0 unspecified atom stereocenters. The molecule has 0 bridgehead atoms. The summed E-state index contributed by atoms with van der Waals surface area (Å²) in [5.74, 6) is -2.35. The third kappa shape index (κ3) is 4.46. The standard InChI is InChI=1S/C11H19NO6S/c1-3-18-11(14)9-5-4-6-12(7-9)19(15,16)8-10(13)17-2/h9H,3-8H2,1-2H3/t9-/m1/s1. The van der Waals surface area contributed by atoms with Gasteiger partial charge < -0.3 is 9.47 Å². The first-order valence-electron chi connectivity index (χ1n) is 6.12. The summed E-state index contributed by atoms with van der Waals surface area (Å²) in [5.41, 5.74) is 0. The number of hydrogen-bond acceptors (Lipinski definition) is 6. The first kappa shape index (κ1) is 15.9. The Bertz CT molecular complexity index is 432. The largest absolute Gasteiger partial charge is 0.468 e. The predicted molar refractivity (Wildman–Crippen MR) is 66.7 cm³/mol. The van der Waals surface area contributed by atoms with E-state index in [1.165, 1.54) is 0 Å². The number of ether oxygens (including phenoxy) is 2. The summed E-state index contributed by atoms with van der Waals surface area (Å²) in [6.45, 7) is 2.35. The minimum Gasteiger partial charge on any atom is -0.468 e. The van der Waals surface area contributed by atoms with Crippen LogP contribution in [0.2, 0.25) is 0 Å². The molecule has 1 atom stereocenters. The van der Waals surface area contributed by atoms with Gasteiger partial charge in [0.25, 0.3) is 0 Å². The highest BCUT2D eigenvalue weighted by Gasteiger charge is 2.34. The fourth-order valence-electron chi connectivity index (χ4n) is 1.95. The summed E-state index contributed by atoms with van der Waals surface area (Å²) in [4.78, 5) is 22.7. The lowest BCUT2D eigenvalue weighted by molar-refractivity contribution is -0.149. The molecule has 0 amide bonds. The summed E-state index contributed by atoms with van der Waals surface area (Å²) in [6.07, 6.45) is 1.17. The van der Waals surface area contributed by atoms with Crippen LogP contribution in [0.15, 0.2) is 0 Å². The van der Waals surface area contributed by atoms with Crippen molar-refractivity contribution >= 4 is 22.0 Å². The van der Waals surface area contributed by atoms with E-state index in [1.807, 2.05) is 0 Å². The molecule has 1 aliphatic heterocycles. The molecule has 0 spiro atoms. The van der Waals surface area contributed by atoms with Crippen molar-refractivity contribution in [2.75, 3.05) is 32.6 Å². The van der Waals surface area contributed by atoms with E-state index >= 15 is 0 Å². The fraction of sp³-hybridized carbons (Fsp3) is 0.818. The number of methoxy groups -OCH3 is 1. The number of sulfonamides is 1. The summed E-state index contributed by atoms with van der Waals surface area (Å²) in [5, 5.41) is 0. The lowest BCUT2D eigenvalue weighted by Gasteiger charge is -2.30. The topological polar surface area (TPSA) is 90.0 Å². The molecule has 0 N–H and O–H groups in total. The highest BCUT2D eigenvalue weighted by Crippen LogP contribution is 2.20. The molecule has 1 aliphatic rings. The average Bonchev–Trinajstić information content (AvgIpc) is 2.38. The molecule has 0 aromatic rings. The summed E-state index contributed by atoms with van der Waals surface area (Å²) in [7, 11) is -2.59. The third-order valence-corrected chi connectivity index (χ3v) is 4.64. The number of rotatable bonds is 5. The second kappa shape index (κ2) is 6.85. The number of piperidine rings is 1. The van der Waals surface area contributed by atoms with Crippen LogP contribution in [0.25, 0.3) is 0 Å². The highest BCUT2D eigenvalue weighted by atomic mass is 32.2. The lowest BCUT2D eigenvalue weighted by Crippen LogP contribution is -2.44. The van der Waals surface area contributed by atoms with Gasteiger partial charge in [0.1, 0.15) is 0 Å². The molecular formula is C11H19NO6S. The van der Waals surface area contributed by atoms with Gasteiger partial charge >= 0.3 is 11.9 Å². The number of hydrogen-bond donors (Lipinski definition) is 0. The molecule has 0 saturated carbocycles. The van der Waals surface area contributed by atoms with E-state index in [2.05, 4.69) is 4.74 Å². The second-order valence-corrected chi connectivity index (χ2v) is 6.25. The Morgan fingerprint density at radius 1 is 1.37 bits per heavy atom. The van der Waals surface area contributed by atoms with E-state index in [1.54, 1.807) is 6.92 Å². The van der Waals surface area contributed by atoms with Gasteiger partial charge in [-0.05, 0) is 19.8 Å². The van der Waals surface area contributed by atoms with Crippen LogP contribution in [-0.4, -0.2) is 57.2 Å². The summed E-state index contributed by atoms with van der Waals surface area (Å²) in [6, 6.07) is 0. The van der Waals surface area contributed by atoms with Crippen molar-refractivity contribution in [1.82, 2.24) is 4.31 Å². The number of nitrogens with zero attached hydrogens (tertiary/aromatic N) is 1. The first-order valence-corrected chi connectivity index (χ1v) is 7.73. The molecule has 0 aliphatic carbocycles. The molecule has 7 nitrogen and oxygen atoms in total. The highest BCUT2D eigenvalue weighted by molar-refractivity contribution is 7.89. The van der Waals surface area contributed by atoms with Gasteiger partial charge in [0.2, 0.25) is 10.0 Å². The van der Waals surface area contributed by atoms with Crippen LogP contribution < -0.4 is 0 Å². The van der Waals surface area contributed by atoms with Gasteiger partial charge in [-0.1, -0.05) is 0 Å². The maximum absolute atomic E-state index is 12.0. The van der Waals surface area contributed by atoms with Gasteiger partial charge in [-0.2, -0.15) is 0 Å². The maximum Gasteiger partial charge on any atom is 0.322 e. The smallest absolute Gasteiger partial charge is 0.322 e. The Morgan fingerprint density at radius 2 is 2.05 bits per heavy atom. The zero-order valence-electron chi connectivity index (χ0n) is 11.1. The van der Waals surface area contributed by atoms with Gasteiger partial charge in [0.05, 0.1) is 19.6 Å². The van der Waals surface area contributed by atoms with Gasteiger partial charge in [-0.3, -0.25) is 9.59 Å². The van der Waals surface area contributed by atoms with E-state index in [-0.39, 0.29) is 19.1 Å². The Morgan fingerprint density at radius 3 is 2.63 bits per heavy atom. The molecule has 0 radical (unpaired) electrons. The van der Waals surface area contributed by atoms with Crippen LogP contribution in [0.4, 0.5) is 0 Å². The number of carbonyl (C=O) groups excluding carboxylic acids is 2. The predicted octanol–water partition coefficient (Wildman–Crippen LogP) is -0.236. The Balaban J connectivity index is 2.68. The minimum absolute atomic E-state index is 0.0676.